The molecule has 0 saturated heterocycles. The predicted molar refractivity (Wildman–Crippen MR) is 84.1 cm³/mol. The van der Waals surface area contributed by atoms with E-state index in [0.717, 1.165) is 13.0 Å². The molecule has 0 fully saturated rings. The summed E-state index contributed by atoms with van der Waals surface area (Å²) in [4.78, 5) is 8.91. The van der Waals surface area contributed by atoms with Gasteiger partial charge in [-0.15, -0.1) is 0 Å². The number of nitrogens with zero attached hydrogens (tertiary/aromatic N) is 2. The summed E-state index contributed by atoms with van der Waals surface area (Å²) >= 11 is 12.0. The van der Waals surface area contributed by atoms with E-state index in [1.807, 2.05) is 0 Å². The Kier molecular flexibility index (Phi) is 5.26. The van der Waals surface area contributed by atoms with Crippen LogP contribution in [0.25, 0.3) is 11.0 Å². The summed E-state index contributed by atoms with van der Waals surface area (Å²) in [7, 11) is 1.57. The standard InChI is InChI=1S/C14H17Cl2N3O/c1-3-4-5-6-17-13-14(20-2)19-12-8-10(16)9(15)7-11(12)18-13/h7-8H,3-6H2,1-2H3,(H,17,18). The molecule has 108 valence electrons. The van der Waals surface area contributed by atoms with Crippen molar-refractivity contribution in [3.63, 3.8) is 0 Å². The van der Waals surface area contributed by atoms with Gasteiger partial charge in [0.2, 0.25) is 0 Å². The van der Waals surface area contributed by atoms with Gasteiger partial charge in [-0.2, -0.15) is 0 Å². The Bertz CT molecular complexity index is 604. The van der Waals surface area contributed by atoms with Gasteiger partial charge in [-0.3, -0.25) is 0 Å². The number of rotatable bonds is 6. The van der Waals surface area contributed by atoms with Crippen LogP contribution in [-0.2, 0) is 0 Å². The quantitative estimate of drug-likeness (QED) is 0.795. The first-order valence-corrected chi connectivity index (χ1v) is 7.36. The highest BCUT2D eigenvalue weighted by Gasteiger charge is 2.11. The van der Waals surface area contributed by atoms with Crippen LogP contribution in [-0.4, -0.2) is 23.6 Å². The van der Waals surface area contributed by atoms with Gasteiger partial charge in [0, 0.05) is 6.54 Å². The summed E-state index contributed by atoms with van der Waals surface area (Å²) in [6.45, 7) is 3.01. The van der Waals surface area contributed by atoms with Crippen molar-refractivity contribution in [1.29, 1.82) is 0 Å². The fourth-order valence-corrected chi connectivity index (χ4v) is 2.19. The van der Waals surface area contributed by atoms with Gasteiger partial charge >= 0.3 is 0 Å². The van der Waals surface area contributed by atoms with E-state index in [0.29, 0.717) is 32.8 Å². The largest absolute Gasteiger partial charge is 0.478 e. The number of unbranched alkanes of at least 4 members (excludes halogenated alkanes) is 2. The van der Waals surface area contributed by atoms with Crippen molar-refractivity contribution in [2.24, 2.45) is 0 Å². The van der Waals surface area contributed by atoms with E-state index < -0.39 is 0 Å². The van der Waals surface area contributed by atoms with Crippen LogP contribution in [0, 0.1) is 0 Å². The number of benzene rings is 1. The Hall–Kier alpha value is -1.26. The van der Waals surface area contributed by atoms with E-state index in [1.54, 1.807) is 19.2 Å². The second-order valence-electron chi connectivity index (χ2n) is 4.47. The van der Waals surface area contributed by atoms with Gasteiger partial charge in [0.25, 0.3) is 5.88 Å². The molecule has 1 aromatic carbocycles. The van der Waals surface area contributed by atoms with Crippen molar-refractivity contribution in [2.45, 2.75) is 26.2 Å². The molecule has 1 N–H and O–H groups in total. The first-order valence-electron chi connectivity index (χ1n) is 6.60. The molecular formula is C14H17Cl2N3O. The third-order valence-electron chi connectivity index (χ3n) is 2.94. The molecule has 2 aromatic rings. The summed E-state index contributed by atoms with van der Waals surface area (Å²) in [5.74, 6) is 1.10. The Labute approximate surface area is 128 Å². The van der Waals surface area contributed by atoms with Gasteiger partial charge in [0.1, 0.15) is 0 Å². The van der Waals surface area contributed by atoms with E-state index in [-0.39, 0.29) is 0 Å². The van der Waals surface area contributed by atoms with Crippen LogP contribution < -0.4 is 10.1 Å². The molecular weight excluding hydrogens is 297 g/mol. The van der Waals surface area contributed by atoms with Crippen molar-refractivity contribution in [3.8, 4) is 5.88 Å². The fourth-order valence-electron chi connectivity index (χ4n) is 1.87. The number of methoxy groups -OCH3 is 1. The van der Waals surface area contributed by atoms with E-state index >= 15 is 0 Å². The van der Waals surface area contributed by atoms with Gasteiger partial charge in [-0.1, -0.05) is 43.0 Å². The molecule has 0 aliphatic carbocycles. The van der Waals surface area contributed by atoms with Crippen LogP contribution in [0.2, 0.25) is 10.0 Å². The molecule has 20 heavy (non-hydrogen) atoms. The number of aromatic nitrogens is 2. The molecule has 0 spiro atoms. The number of hydrogen-bond donors (Lipinski definition) is 1. The third-order valence-corrected chi connectivity index (χ3v) is 3.66. The normalized spacial score (nSPS) is 10.8. The lowest BCUT2D eigenvalue weighted by Crippen LogP contribution is -2.06. The lowest BCUT2D eigenvalue weighted by Gasteiger charge is -2.10. The highest BCUT2D eigenvalue weighted by molar-refractivity contribution is 6.42. The van der Waals surface area contributed by atoms with Crippen LogP contribution in [0.3, 0.4) is 0 Å². The number of fused-ring (bicyclic) bond motifs is 1. The maximum atomic E-state index is 6.01. The van der Waals surface area contributed by atoms with Crippen LogP contribution in [0.5, 0.6) is 5.88 Å². The second-order valence-corrected chi connectivity index (χ2v) is 5.28. The molecule has 0 saturated carbocycles. The Morgan fingerprint density at radius 1 is 1.10 bits per heavy atom. The smallest absolute Gasteiger partial charge is 0.257 e. The molecule has 0 radical (unpaired) electrons. The molecule has 0 amide bonds. The van der Waals surface area contributed by atoms with Gasteiger partial charge in [0.05, 0.1) is 28.2 Å². The number of anilines is 1. The predicted octanol–water partition coefficient (Wildman–Crippen LogP) is 4.55. The first-order chi connectivity index (χ1) is 9.65. The molecule has 0 aliphatic rings. The van der Waals surface area contributed by atoms with Gasteiger partial charge in [-0.05, 0) is 18.6 Å². The van der Waals surface area contributed by atoms with E-state index in [4.69, 9.17) is 27.9 Å². The van der Waals surface area contributed by atoms with Crippen LogP contribution in [0.15, 0.2) is 12.1 Å². The number of nitrogens with one attached hydrogen (secondary N) is 1. The molecule has 0 aliphatic heterocycles. The summed E-state index contributed by atoms with van der Waals surface area (Å²) in [5.41, 5.74) is 1.36. The second kappa shape index (κ2) is 6.95. The van der Waals surface area contributed by atoms with Crippen LogP contribution in [0.1, 0.15) is 26.2 Å². The minimum atomic E-state index is 0.458. The van der Waals surface area contributed by atoms with Crippen molar-refractivity contribution in [1.82, 2.24) is 9.97 Å². The average molecular weight is 314 g/mol. The maximum absolute atomic E-state index is 6.01. The maximum Gasteiger partial charge on any atom is 0.257 e. The molecule has 1 aromatic heterocycles. The topological polar surface area (TPSA) is 47.0 Å². The van der Waals surface area contributed by atoms with Gasteiger partial charge in [-0.25, -0.2) is 9.97 Å². The van der Waals surface area contributed by atoms with Gasteiger partial charge < -0.3 is 10.1 Å². The Balaban J connectivity index is 2.30. The minimum absolute atomic E-state index is 0.458. The number of halogens is 2. The summed E-state index contributed by atoms with van der Waals surface area (Å²) in [6, 6.07) is 3.40. The van der Waals surface area contributed by atoms with Crippen molar-refractivity contribution >= 4 is 40.1 Å². The highest BCUT2D eigenvalue weighted by atomic mass is 35.5. The third kappa shape index (κ3) is 3.44. The SMILES string of the molecule is CCCCCNc1nc2cc(Cl)c(Cl)cc2nc1OC. The molecule has 0 unspecified atom stereocenters. The lowest BCUT2D eigenvalue weighted by molar-refractivity contribution is 0.399. The van der Waals surface area contributed by atoms with E-state index in [1.165, 1.54) is 12.8 Å². The minimum Gasteiger partial charge on any atom is -0.478 e. The van der Waals surface area contributed by atoms with E-state index in [9.17, 15) is 0 Å². The monoisotopic (exact) mass is 313 g/mol. The fraction of sp³-hybridized carbons (Fsp3) is 0.429. The highest BCUT2D eigenvalue weighted by Crippen LogP contribution is 2.29. The van der Waals surface area contributed by atoms with E-state index in [2.05, 4.69) is 22.2 Å². The Morgan fingerprint density at radius 3 is 2.35 bits per heavy atom. The first kappa shape index (κ1) is 15.1. The molecule has 0 bridgehead atoms. The van der Waals surface area contributed by atoms with Crippen LogP contribution >= 0.6 is 23.2 Å². The average Bonchev–Trinajstić information content (AvgIpc) is 2.44. The summed E-state index contributed by atoms with van der Waals surface area (Å²) in [6.07, 6.45) is 3.44. The molecule has 2 rings (SSSR count). The molecule has 1 heterocycles. The van der Waals surface area contributed by atoms with Gasteiger partial charge in [0.15, 0.2) is 5.82 Å². The molecule has 0 atom stereocenters. The van der Waals surface area contributed by atoms with Crippen molar-refractivity contribution < 1.29 is 4.74 Å². The number of hydrogen-bond acceptors (Lipinski definition) is 4. The zero-order valence-corrected chi connectivity index (χ0v) is 13.1. The van der Waals surface area contributed by atoms with Crippen molar-refractivity contribution in [3.05, 3.63) is 22.2 Å². The van der Waals surface area contributed by atoms with Crippen molar-refractivity contribution in [2.75, 3.05) is 19.0 Å². The Morgan fingerprint density at radius 2 is 1.75 bits per heavy atom. The number of ether oxygens (including phenoxy) is 1. The lowest BCUT2D eigenvalue weighted by atomic mass is 10.2. The molecule has 4 nitrogen and oxygen atoms in total. The van der Waals surface area contributed by atoms with Crippen LogP contribution in [0.4, 0.5) is 5.82 Å². The molecule has 6 heteroatoms. The zero-order chi connectivity index (χ0) is 14.5. The zero-order valence-electron chi connectivity index (χ0n) is 11.5. The summed E-state index contributed by atoms with van der Waals surface area (Å²) in [5, 5.41) is 4.18. The summed E-state index contributed by atoms with van der Waals surface area (Å²) < 4.78 is 5.27.